The van der Waals surface area contributed by atoms with Crippen LogP contribution in [0.5, 0.6) is 0 Å². The molecule has 16 heavy (non-hydrogen) atoms. The summed E-state index contributed by atoms with van der Waals surface area (Å²) < 4.78 is 5.45. The average Bonchev–Trinajstić information content (AvgIpc) is 2.41. The van der Waals surface area contributed by atoms with Crippen LogP contribution < -0.4 is 10.6 Å². The number of carbonyl (C=O) groups is 1. The predicted molar refractivity (Wildman–Crippen MR) is 61.1 cm³/mol. The van der Waals surface area contributed by atoms with E-state index in [1.165, 1.54) is 0 Å². The van der Waals surface area contributed by atoms with Gasteiger partial charge in [0.1, 0.15) is 11.5 Å². The summed E-state index contributed by atoms with van der Waals surface area (Å²) in [5.41, 5.74) is 1.07. The van der Waals surface area contributed by atoms with Crippen molar-refractivity contribution in [2.24, 2.45) is 5.92 Å². The van der Waals surface area contributed by atoms with E-state index in [4.69, 9.17) is 4.42 Å². The summed E-state index contributed by atoms with van der Waals surface area (Å²) in [6, 6.07) is 2.00. The van der Waals surface area contributed by atoms with Crippen LogP contribution in [0.25, 0.3) is 0 Å². The van der Waals surface area contributed by atoms with Crippen molar-refractivity contribution in [3.8, 4) is 0 Å². The van der Waals surface area contributed by atoms with E-state index in [-0.39, 0.29) is 17.9 Å². The maximum absolute atomic E-state index is 11.7. The van der Waals surface area contributed by atoms with Gasteiger partial charge in [-0.2, -0.15) is 0 Å². The van der Waals surface area contributed by atoms with E-state index in [0.29, 0.717) is 0 Å². The van der Waals surface area contributed by atoms with Gasteiger partial charge in [0.2, 0.25) is 5.91 Å². The molecule has 1 aliphatic rings. The number of amides is 1. The van der Waals surface area contributed by atoms with Crippen molar-refractivity contribution in [3.63, 3.8) is 0 Å². The molecular formula is C12H18N2O2. The Morgan fingerprint density at radius 2 is 2.25 bits per heavy atom. The fourth-order valence-corrected chi connectivity index (χ4v) is 1.96. The zero-order valence-electron chi connectivity index (χ0n) is 9.96. The van der Waals surface area contributed by atoms with Gasteiger partial charge in [-0.25, -0.2) is 0 Å². The molecule has 1 saturated heterocycles. The molecule has 0 bridgehead atoms. The summed E-state index contributed by atoms with van der Waals surface area (Å²) in [5.74, 6) is 2.04. The molecule has 2 rings (SSSR count). The van der Waals surface area contributed by atoms with E-state index in [9.17, 15) is 4.79 Å². The normalized spacial score (nSPS) is 17.9. The van der Waals surface area contributed by atoms with Crippen LogP contribution in [0.3, 0.4) is 0 Å². The van der Waals surface area contributed by atoms with E-state index >= 15 is 0 Å². The summed E-state index contributed by atoms with van der Waals surface area (Å²) in [5, 5.41) is 6.10. The number of hydrogen-bond donors (Lipinski definition) is 2. The molecule has 2 heterocycles. The zero-order chi connectivity index (χ0) is 11.7. The lowest BCUT2D eigenvalue weighted by molar-refractivity contribution is -0.127. The van der Waals surface area contributed by atoms with Gasteiger partial charge in [-0.15, -0.1) is 0 Å². The second-order valence-corrected chi connectivity index (χ2v) is 4.45. The van der Waals surface area contributed by atoms with Gasteiger partial charge in [-0.05, 0) is 26.8 Å². The highest BCUT2D eigenvalue weighted by Gasteiger charge is 2.26. The third kappa shape index (κ3) is 2.11. The van der Waals surface area contributed by atoms with Gasteiger partial charge in [0, 0.05) is 18.7 Å². The third-order valence-corrected chi connectivity index (χ3v) is 3.06. The molecule has 1 unspecified atom stereocenters. The van der Waals surface area contributed by atoms with Crippen molar-refractivity contribution in [1.29, 1.82) is 0 Å². The Bertz CT molecular complexity index is 394. The van der Waals surface area contributed by atoms with Crippen molar-refractivity contribution in [3.05, 3.63) is 23.2 Å². The van der Waals surface area contributed by atoms with Crippen molar-refractivity contribution in [2.45, 2.75) is 26.8 Å². The molecule has 1 atom stereocenters. The molecule has 1 aromatic rings. The van der Waals surface area contributed by atoms with Gasteiger partial charge >= 0.3 is 0 Å². The SMILES string of the molecule is Cc1cc(C(C)NC(=O)C2CNC2)c(C)o1. The van der Waals surface area contributed by atoms with Crippen molar-refractivity contribution in [2.75, 3.05) is 13.1 Å². The van der Waals surface area contributed by atoms with E-state index in [1.54, 1.807) is 0 Å². The quantitative estimate of drug-likeness (QED) is 0.810. The van der Waals surface area contributed by atoms with Gasteiger partial charge < -0.3 is 15.1 Å². The Kier molecular flexibility index (Phi) is 3.01. The van der Waals surface area contributed by atoms with Gasteiger partial charge in [0.25, 0.3) is 0 Å². The molecule has 0 radical (unpaired) electrons. The van der Waals surface area contributed by atoms with Gasteiger partial charge in [-0.1, -0.05) is 0 Å². The van der Waals surface area contributed by atoms with Gasteiger partial charge in [0.05, 0.1) is 12.0 Å². The number of furan rings is 1. The van der Waals surface area contributed by atoms with Crippen LogP contribution in [0, 0.1) is 19.8 Å². The topological polar surface area (TPSA) is 54.3 Å². The van der Waals surface area contributed by atoms with E-state index in [2.05, 4.69) is 10.6 Å². The van der Waals surface area contributed by atoms with Crippen molar-refractivity contribution < 1.29 is 9.21 Å². The monoisotopic (exact) mass is 222 g/mol. The lowest BCUT2D eigenvalue weighted by Crippen LogP contribution is -2.51. The molecule has 1 aromatic heterocycles. The smallest absolute Gasteiger partial charge is 0.226 e. The molecular weight excluding hydrogens is 204 g/mol. The minimum atomic E-state index is 0.0190. The Morgan fingerprint density at radius 3 is 2.69 bits per heavy atom. The number of carbonyl (C=O) groups excluding carboxylic acids is 1. The fourth-order valence-electron chi connectivity index (χ4n) is 1.96. The number of nitrogens with one attached hydrogen (secondary N) is 2. The highest BCUT2D eigenvalue weighted by molar-refractivity contribution is 5.80. The van der Waals surface area contributed by atoms with Crippen molar-refractivity contribution >= 4 is 5.91 Å². The molecule has 0 spiro atoms. The zero-order valence-corrected chi connectivity index (χ0v) is 9.96. The molecule has 0 aromatic carbocycles. The summed E-state index contributed by atoms with van der Waals surface area (Å²) in [4.78, 5) is 11.7. The first-order valence-electron chi connectivity index (χ1n) is 5.66. The highest BCUT2D eigenvalue weighted by atomic mass is 16.3. The molecule has 0 saturated carbocycles. The van der Waals surface area contributed by atoms with Crippen LogP contribution in [0.15, 0.2) is 10.5 Å². The fraction of sp³-hybridized carbons (Fsp3) is 0.583. The molecule has 4 nitrogen and oxygen atoms in total. The van der Waals surface area contributed by atoms with Crippen LogP contribution in [0.2, 0.25) is 0 Å². The summed E-state index contributed by atoms with van der Waals surface area (Å²) in [7, 11) is 0. The Morgan fingerprint density at radius 1 is 1.56 bits per heavy atom. The molecule has 4 heteroatoms. The minimum absolute atomic E-state index is 0.0190. The van der Waals surface area contributed by atoms with E-state index in [0.717, 1.165) is 30.2 Å². The maximum atomic E-state index is 11.7. The van der Waals surface area contributed by atoms with Crippen LogP contribution >= 0.6 is 0 Å². The number of rotatable bonds is 3. The first kappa shape index (κ1) is 11.2. The largest absolute Gasteiger partial charge is 0.466 e. The van der Waals surface area contributed by atoms with E-state index < -0.39 is 0 Å². The number of hydrogen-bond acceptors (Lipinski definition) is 3. The van der Waals surface area contributed by atoms with Gasteiger partial charge in [-0.3, -0.25) is 4.79 Å². The Hall–Kier alpha value is -1.29. The molecule has 88 valence electrons. The summed E-state index contributed by atoms with van der Waals surface area (Å²) >= 11 is 0. The molecule has 1 aliphatic heterocycles. The lowest BCUT2D eigenvalue weighted by atomic mass is 10.0. The van der Waals surface area contributed by atoms with E-state index in [1.807, 2.05) is 26.8 Å². The second kappa shape index (κ2) is 4.29. The molecule has 0 aliphatic carbocycles. The molecule has 2 N–H and O–H groups in total. The van der Waals surface area contributed by atoms with Crippen LogP contribution in [0.1, 0.15) is 30.0 Å². The first-order chi connectivity index (χ1) is 7.58. The van der Waals surface area contributed by atoms with Gasteiger partial charge in [0.15, 0.2) is 0 Å². The molecule has 1 amide bonds. The average molecular weight is 222 g/mol. The van der Waals surface area contributed by atoms with Crippen LogP contribution in [-0.2, 0) is 4.79 Å². The van der Waals surface area contributed by atoms with Crippen LogP contribution in [0.4, 0.5) is 0 Å². The van der Waals surface area contributed by atoms with Crippen LogP contribution in [-0.4, -0.2) is 19.0 Å². The Balaban J connectivity index is 1.99. The summed E-state index contributed by atoms with van der Waals surface area (Å²) in [6.45, 7) is 7.42. The second-order valence-electron chi connectivity index (χ2n) is 4.45. The predicted octanol–water partition coefficient (Wildman–Crippen LogP) is 1.29. The standard InChI is InChI=1S/C12H18N2O2/c1-7-4-11(9(3)16-7)8(2)14-12(15)10-5-13-6-10/h4,8,10,13H,5-6H2,1-3H3,(H,14,15). The van der Waals surface area contributed by atoms with Crippen molar-refractivity contribution in [1.82, 2.24) is 10.6 Å². The lowest BCUT2D eigenvalue weighted by Gasteiger charge is -2.27. The Labute approximate surface area is 95.4 Å². The minimum Gasteiger partial charge on any atom is -0.466 e. The highest BCUT2D eigenvalue weighted by Crippen LogP contribution is 2.21. The molecule has 1 fully saturated rings. The maximum Gasteiger partial charge on any atom is 0.226 e. The summed E-state index contributed by atoms with van der Waals surface area (Å²) in [6.07, 6.45) is 0. The number of aryl methyl sites for hydroxylation is 2. The first-order valence-corrected chi connectivity index (χ1v) is 5.66. The third-order valence-electron chi connectivity index (χ3n) is 3.06.